The molecule has 0 heterocycles. The van der Waals surface area contributed by atoms with E-state index >= 15 is 0 Å². The summed E-state index contributed by atoms with van der Waals surface area (Å²) in [6.07, 6.45) is 82.1. The maximum Gasteiger partial charge on any atom is 0.305 e. The van der Waals surface area contributed by atoms with Gasteiger partial charge in [-0.15, -0.1) is 0 Å². The number of hydrogen-bond donors (Lipinski definition) is 0. The number of carbonyl (C=O) groups is 1. The Kier molecular flexibility index (Phi) is 58.0. The summed E-state index contributed by atoms with van der Waals surface area (Å²) in [5.41, 5.74) is 0. The van der Waals surface area contributed by atoms with Crippen molar-refractivity contribution in [1.82, 2.24) is 0 Å². The van der Waals surface area contributed by atoms with Crippen LogP contribution in [0.3, 0.4) is 0 Å². The number of rotatable bonds is 57. The molecular weight excluding hydrogens is 753 g/mol. The Balaban J connectivity index is 3.07. The van der Waals surface area contributed by atoms with Crippen LogP contribution in [0.15, 0.2) is 0 Å². The van der Waals surface area contributed by atoms with Crippen LogP contribution in [0.5, 0.6) is 0 Å². The first kappa shape index (κ1) is 61.5. The van der Waals surface area contributed by atoms with Gasteiger partial charge in [0.15, 0.2) is 0 Å². The third-order valence-corrected chi connectivity index (χ3v) is 14.5. The number of ether oxygens (including phenoxy) is 1. The molecule has 372 valence electrons. The van der Waals surface area contributed by atoms with Gasteiger partial charge in [-0.05, 0) is 6.42 Å². The van der Waals surface area contributed by atoms with Gasteiger partial charge in [-0.25, -0.2) is 0 Å². The third-order valence-electron chi connectivity index (χ3n) is 14.5. The standard InChI is InChI=1S/C60H120O2/c1-3-4-5-6-7-8-9-10-11-12-13-14-15-16-17-18-19-20-21-22-23-24-25-26-27-28-29-30-31-32-33-34-35-36-37-38-39-40-41-42-43-44-45-46-47-48-49-50-51-52-53-54-55-56-57-58-59-60(61)62-2/h3-59H2,1-2H3. The summed E-state index contributed by atoms with van der Waals surface area (Å²) in [6, 6.07) is 0. The summed E-state index contributed by atoms with van der Waals surface area (Å²) in [5.74, 6) is -0.0575. The molecule has 0 radical (unpaired) electrons. The van der Waals surface area contributed by atoms with Crippen LogP contribution in [0.2, 0.25) is 0 Å². The molecule has 0 aliphatic heterocycles. The van der Waals surface area contributed by atoms with Crippen LogP contribution in [-0.2, 0) is 9.53 Å². The van der Waals surface area contributed by atoms with Crippen molar-refractivity contribution in [3.8, 4) is 0 Å². The summed E-state index contributed by atoms with van der Waals surface area (Å²) in [4.78, 5) is 11.1. The van der Waals surface area contributed by atoms with Crippen LogP contribution in [0, 0.1) is 0 Å². The third kappa shape index (κ3) is 57.5. The van der Waals surface area contributed by atoms with Crippen LogP contribution in [0.4, 0.5) is 0 Å². The molecule has 0 aromatic carbocycles. The van der Waals surface area contributed by atoms with Crippen molar-refractivity contribution < 1.29 is 9.53 Å². The van der Waals surface area contributed by atoms with E-state index in [4.69, 9.17) is 4.74 Å². The molecule has 2 nitrogen and oxygen atoms in total. The van der Waals surface area contributed by atoms with E-state index in [1.807, 2.05) is 0 Å². The van der Waals surface area contributed by atoms with Crippen LogP contribution >= 0.6 is 0 Å². The fourth-order valence-electron chi connectivity index (χ4n) is 9.99. The van der Waals surface area contributed by atoms with Gasteiger partial charge in [-0.1, -0.05) is 360 Å². The van der Waals surface area contributed by atoms with Crippen molar-refractivity contribution in [3.05, 3.63) is 0 Å². The van der Waals surface area contributed by atoms with E-state index in [0.717, 1.165) is 6.42 Å². The lowest BCUT2D eigenvalue weighted by Gasteiger charge is -2.05. The van der Waals surface area contributed by atoms with E-state index in [2.05, 4.69) is 6.92 Å². The molecule has 2 heteroatoms. The van der Waals surface area contributed by atoms with Crippen LogP contribution in [0.25, 0.3) is 0 Å². The fraction of sp³-hybridized carbons (Fsp3) is 0.983. The van der Waals surface area contributed by atoms with Gasteiger partial charge in [-0.3, -0.25) is 4.79 Å². The molecule has 0 fully saturated rings. The maximum atomic E-state index is 11.1. The van der Waals surface area contributed by atoms with E-state index in [0.29, 0.717) is 6.42 Å². The number of unbranched alkanes of at least 4 members (excludes halogenated alkanes) is 55. The zero-order valence-electron chi connectivity index (χ0n) is 43.6. The predicted octanol–water partition coefficient (Wildman–Crippen LogP) is 22.4. The Hall–Kier alpha value is -0.530. The lowest BCUT2D eigenvalue weighted by molar-refractivity contribution is -0.140. The topological polar surface area (TPSA) is 26.3 Å². The molecule has 0 rings (SSSR count). The molecule has 0 aromatic heterocycles. The Labute approximate surface area is 394 Å². The van der Waals surface area contributed by atoms with Gasteiger partial charge in [0.05, 0.1) is 7.11 Å². The first-order valence-corrected chi connectivity index (χ1v) is 29.9. The number of carbonyl (C=O) groups excluding carboxylic acids is 1. The average Bonchev–Trinajstić information content (AvgIpc) is 3.28. The van der Waals surface area contributed by atoms with Crippen molar-refractivity contribution in [2.75, 3.05) is 7.11 Å². The van der Waals surface area contributed by atoms with Gasteiger partial charge in [0.1, 0.15) is 0 Å². The van der Waals surface area contributed by atoms with Crippen molar-refractivity contribution >= 4 is 5.97 Å². The minimum atomic E-state index is -0.0575. The molecule has 0 aliphatic carbocycles. The van der Waals surface area contributed by atoms with Crippen molar-refractivity contribution in [2.24, 2.45) is 0 Å². The van der Waals surface area contributed by atoms with Crippen molar-refractivity contribution in [2.45, 2.75) is 373 Å². The van der Waals surface area contributed by atoms with E-state index in [1.54, 1.807) is 0 Å². The van der Waals surface area contributed by atoms with E-state index in [-0.39, 0.29) is 5.97 Å². The molecule has 0 saturated carbocycles. The zero-order valence-corrected chi connectivity index (χ0v) is 43.6. The van der Waals surface area contributed by atoms with E-state index < -0.39 is 0 Å². The molecule has 62 heavy (non-hydrogen) atoms. The lowest BCUT2D eigenvalue weighted by Crippen LogP contribution is -1.99. The molecule has 0 aliphatic rings. The molecule has 0 spiro atoms. The van der Waals surface area contributed by atoms with E-state index in [9.17, 15) is 4.79 Å². The Morgan fingerprint density at radius 2 is 0.323 bits per heavy atom. The fourth-order valence-corrected chi connectivity index (χ4v) is 9.99. The minimum absolute atomic E-state index is 0.0575. The Bertz CT molecular complexity index is 777. The lowest BCUT2D eigenvalue weighted by atomic mass is 10.0. The van der Waals surface area contributed by atoms with Gasteiger partial charge >= 0.3 is 5.97 Å². The second kappa shape index (κ2) is 58.5. The van der Waals surface area contributed by atoms with Crippen LogP contribution in [0.1, 0.15) is 373 Å². The maximum absolute atomic E-state index is 11.1. The predicted molar refractivity (Wildman–Crippen MR) is 281 cm³/mol. The summed E-state index contributed by atoms with van der Waals surface area (Å²) in [7, 11) is 1.48. The average molecular weight is 874 g/mol. The first-order valence-electron chi connectivity index (χ1n) is 29.9. The Morgan fingerprint density at radius 3 is 0.435 bits per heavy atom. The van der Waals surface area contributed by atoms with Gasteiger partial charge in [0, 0.05) is 6.42 Å². The molecule has 0 N–H and O–H groups in total. The zero-order chi connectivity index (χ0) is 44.6. The molecule has 0 amide bonds. The molecule has 0 saturated heterocycles. The van der Waals surface area contributed by atoms with Crippen molar-refractivity contribution in [3.63, 3.8) is 0 Å². The quantitative estimate of drug-likeness (QED) is 0.0450. The molecule has 0 atom stereocenters. The SMILES string of the molecule is CCCCCCCCCCCCCCCCCCCCCCCCCCCCCCCCCCCCCCCCCCCCCCCCCCCCCCCCCCC(=O)OC. The number of hydrogen-bond acceptors (Lipinski definition) is 2. The Morgan fingerprint density at radius 1 is 0.210 bits per heavy atom. The van der Waals surface area contributed by atoms with Gasteiger partial charge in [0.25, 0.3) is 0 Å². The van der Waals surface area contributed by atoms with E-state index in [1.165, 1.54) is 360 Å². The smallest absolute Gasteiger partial charge is 0.305 e. The minimum Gasteiger partial charge on any atom is -0.469 e. The molecular formula is C60H120O2. The van der Waals surface area contributed by atoms with Gasteiger partial charge in [0.2, 0.25) is 0 Å². The number of esters is 1. The highest BCUT2D eigenvalue weighted by Crippen LogP contribution is 2.19. The second-order valence-corrected chi connectivity index (χ2v) is 20.8. The second-order valence-electron chi connectivity index (χ2n) is 20.8. The summed E-state index contributed by atoms with van der Waals surface area (Å²) >= 11 is 0. The highest BCUT2D eigenvalue weighted by atomic mass is 16.5. The molecule has 0 aromatic rings. The first-order chi connectivity index (χ1) is 30.8. The summed E-state index contributed by atoms with van der Waals surface area (Å²) in [6.45, 7) is 2.31. The van der Waals surface area contributed by atoms with Crippen molar-refractivity contribution in [1.29, 1.82) is 0 Å². The number of methoxy groups -OCH3 is 1. The van der Waals surface area contributed by atoms with Crippen LogP contribution in [-0.4, -0.2) is 13.1 Å². The monoisotopic (exact) mass is 873 g/mol. The largest absolute Gasteiger partial charge is 0.469 e. The molecule has 0 bridgehead atoms. The highest BCUT2D eigenvalue weighted by molar-refractivity contribution is 5.68. The van der Waals surface area contributed by atoms with Gasteiger partial charge in [-0.2, -0.15) is 0 Å². The van der Waals surface area contributed by atoms with Crippen LogP contribution < -0.4 is 0 Å². The summed E-state index contributed by atoms with van der Waals surface area (Å²) < 4.78 is 4.70. The normalized spacial score (nSPS) is 11.6. The van der Waals surface area contributed by atoms with Gasteiger partial charge < -0.3 is 4.74 Å². The summed E-state index contributed by atoms with van der Waals surface area (Å²) in [5, 5.41) is 0. The highest BCUT2D eigenvalue weighted by Gasteiger charge is 2.01. The molecule has 0 unspecified atom stereocenters.